The van der Waals surface area contributed by atoms with Crippen LogP contribution in [0.1, 0.15) is 56.1 Å². The lowest BCUT2D eigenvalue weighted by atomic mass is 10.0. The summed E-state index contributed by atoms with van der Waals surface area (Å²) < 4.78 is 30.0. The molecule has 24 heavy (non-hydrogen) atoms. The Morgan fingerprint density at radius 3 is 2.54 bits per heavy atom. The topological polar surface area (TPSA) is 43.4 Å². The highest BCUT2D eigenvalue weighted by atomic mass is 79.9. The lowest BCUT2D eigenvalue weighted by Gasteiger charge is -2.17. The minimum atomic E-state index is -3.04. The molecular formula is C19H29BrO3S. The first-order valence-corrected chi connectivity index (χ1v) is 11.9. The fraction of sp³-hybridized carbons (Fsp3) is 0.684. The number of aryl methyl sites for hydroxylation is 2. The van der Waals surface area contributed by atoms with Crippen LogP contribution >= 0.6 is 15.9 Å². The number of halogens is 1. The number of hydrogen-bond donors (Lipinski definition) is 0. The fourth-order valence-electron chi connectivity index (χ4n) is 3.10. The van der Waals surface area contributed by atoms with Crippen LogP contribution < -0.4 is 0 Å². The van der Waals surface area contributed by atoms with E-state index in [2.05, 4.69) is 22.0 Å². The maximum atomic E-state index is 12.1. The van der Waals surface area contributed by atoms with Crippen LogP contribution in [0.4, 0.5) is 0 Å². The molecule has 0 N–H and O–H groups in total. The van der Waals surface area contributed by atoms with Crippen LogP contribution in [0.25, 0.3) is 0 Å². The molecule has 0 radical (unpaired) electrons. The maximum absolute atomic E-state index is 12.1. The van der Waals surface area contributed by atoms with Crippen molar-refractivity contribution in [1.29, 1.82) is 0 Å². The second-order valence-electron chi connectivity index (χ2n) is 6.54. The van der Waals surface area contributed by atoms with E-state index in [0.29, 0.717) is 10.6 Å². The number of fused-ring (bicyclic) bond motifs is 1. The Morgan fingerprint density at radius 1 is 1.00 bits per heavy atom. The molecule has 136 valence electrons. The highest BCUT2D eigenvalue weighted by Gasteiger charge is 2.23. The van der Waals surface area contributed by atoms with E-state index in [-0.39, 0.29) is 0 Å². The largest absolute Gasteiger partial charge is 0.381 e. The molecule has 1 aliphatic heterocycles. The molecule has 3 nitrogen and oxygen atoms in total. The molecule has 0 aliphatic carbocycles. The van der Waals surface area contributed by atoms with E-state index in [9.17, 15) is 8.42 Å². The monoisotopic (exact) mass is 416 g/mol. The Labute approximate surface area is 155 Å². The van der Waals surface area contributed by atoms with Crippen LogP contribution in [-0.2, 0) is 27.4 Å². The second kappa shape index (κ2) is 10.6. The van der Waals surface area contributed by atoms with Gasteiger partial charge in [-0.15, -0.1) is 0 Å². The van der Waals surface area contributed by atoms with Crippen molar-refractivity contribution in [1.82, 2.24) is 0 Å². The number of ether oxygens (including phenoxy) is 1. The number of benzene rings is 1. The van der Waals surface area contributed by atoms with E-state index in [4.69, 9.17) is 4.74 Å². The predicted molar refractivity (Wildman–Crippen MR) is 103 cm³/mol. The van der Waals surface area contributed by atoms with E-state index < -0.39 is 9.84 Å². The summed E-state index contributed by atoms with van der Waals surface area (Å²) in [6, 6.07) is 5.99. The van der Waals surface area contributed by atoms with Gasteiger partial charge in [-0.2, -0.15) is 0 Å². The molecule has 0 spiro atoms. The van der Waals surface area contributed by atoms with Gasteiger partial charge in [0.2, 0.25) is 0 Å². The van der Waals surface area contributed by atoms with E-state index in [1.807, 2.05) is 12.1 Å². The Balaban J connectivity index is 1.63. The first-order chi connectivity index (χ1) is 11.6. The van der Waals surface area contributed by atoms with Gasteiger partial charge in [0, 0.05) is 18.5 Å². The van der Waals surface area contributed by atoms with E-state index in [1.165, 1.54) is 19.3 Å². The van der Waals surface area contributed by atoms with Crippen LogP contribution in [0.3, 0.4) is 0 Å². The van der Waals surface area contributed by atoms with Gasteiger partial charge in [-0.1, -0.05) is 40.9 Å². The van der Waals surface area contributed by atoms with Gasteiger partial charge in [-0.05, 0) is 62.1 Å². The summed E-state index contributed by atoms with van der Waals surface area (Å²) in [6.45, 7) is 1.67. The molecule has 0 amide bonds. The van der Waals surface area contributed by atoms with Crippen molar-refractivity contribution in [3.05, 3.63) is 29.3 Å². The van der Waals surface area contributed by atoms with E-state index in [0.717, 1.165) is 68.2 Å². The zero-order valence-corrected chi connectivity index (χ0v) is 16.8. The minimum Gasteiger partial charge on any atom is -0.381 e. The normalized spacial score (nSPS) is 16.0. The number of rotatable bonds is 11. The first kappa shape index (κ1) is 19.9. The summed E-state index contributed by atoms with van der Waals surface area (Å²) in [5.74, 6) is 0.299. The molecular weight excluding hydrogens is 388 g/mol. The smallest absolute Gasteiger partial charge is 0.178 e. The summed E-state index contributed by atoms with van der Waals surface area (Å²) >= 11 is 3.44. The standard InChI is InChI=1S/C19H29BrO3S/c20-12-4-1-2-5-13-23-14-6-3-8-17-10-11-18-9-7-15-24(21,22)19(18)16-17/h10-11,16H,1-9,12-15H2. The molecule has 0 fully saturated rings. The third kappa shape index (κ3) is 6.49. The average molecular weight is 417 g/mol. The lowest BCUT2D eigenvalue weighted by Crippen LogP contribution is -2.16. The van der Waals surface area contributed by atoms with Gasteiger partial charge in [0.15, 0.2) is 9.84 Å². The van der Waals surface area contributed by atoms with E-state index >= 15 is 0 Å². The van der Waals surface area contributed by atoms with Gasteiger partial charge in [0.25, 0.3) is 0 Å². The molecule has 0 bridgehead atoms. The van der Waals surface area contributed by atoms with Gasteiger partial charge in [0.1, 0.15) is 0 Å². The van der Waals surface area contributed by atoms with Gasteiger partial charge >= 0.3 is 0 Å². The van der Waals surface area contributed by atoms with Crippen LogP contribution in [0.5, 0.6) is 0 Å². The highest BCUT2D eigenvalue weighted by molar-refractivity contribution is 9.09. The molecule has 0 saturated carbocycles. The average Bonchev–Trinajstić information content (AvgIpc) is 2.57. The zero-order chi connectivity index (χ0) is 17.3. The number of unbranched alkanes of at least 4 members (excludes halogenated alkanes) is 4. The van der Waals surface area contributed by atoms with Gasteiger partial charge in [-0.3, -0.25) is 0 Å². The molecule has 0 atom stereocenters. The Bertz CT molecular complexity index is 599. The van der Waals surface area contributed by atoms with Gasteiger partial charge in [-0.25, -0.2) is 8.42 Å². The summed E-state index contributed by atoms with van der Waals surface area (Å²) in [5.41, 5.74) is 2.13. The van der Waals surface area contributed by atoms with Crippen molar-refractivity contribution < 1.29 is 13.2 Å². The summed E-state index contributed by atoms with van der Waals surface area (Å²) in [6.07, 6.45) is 9.56. The lowest BCUT2D eigenvalue weighted by molar-refractivity contribution is 0.126. The van der Waals surface area contributed by atoms with Crippen molar-refractivity contribution in [2.24, 2.45) is 0 Å². The highest BCUT2D eigenvalue weighted by Crippen LogP contribution is 2.26. The van der Waals surface area contributed by atoms with Crippen molar-refractivity contribution in [2.45, 2.75) is 62.7 Å². The first-order valence-electron chi connectivity index (χ1n) is 9.12. The molecule has 0 aromatic heterocycles. The van der Waals surface area contributed by atoms with Crippen molar-refractivity contribution in [3.8, 4) is 0 Å². The third-order valence-corrected chi connectivity index (χ3v) is 6.94. The number of sulfone groups is 1. The van der Waals surface area contributed by atoms with E-state index in [1.54, 1.807) is 0 Å². The predicted octanol–water partition coefficient (Wildman–Crippen LogP) is 4.70. The quantitative estimate of drug-likeness (QED) is 0.387. The second-order valence-corrected chi connectivity index (χ2v) is 9.41. The molecule has 1 heterocycles. The van der Waals surface area contributed by atoms with Crippen LogP contribution in [0.2, 0.25) is 0 Å². The van der Waals surface area contributed by atoms with Crippen LogP contribution in [-0.4, -0.2) is 32.7 Å². The van der Waals surface area contributed by atoms with Crippen LogP contribution in [0, 0.1) is 0 Å². The summed E-state index contributed by atoms with van der Waals surface area (Å²) in [4.78, 5) is 0.575. The fourth-order valence-corrected chi connectivity index (χ4v) is 5.14. The SMILES string of the molecule is O=S1(=O)CCCc2ccc(CCCCOCCCCCCBr)cc21. The number of alkyl halides is 1. The minimum absolute atomic E-state index is 0.299. The van der Waals surface area contributed by atoms with Crippen LogP contribution in [0.15, 0.2) is 23.1 Å². The molecule has 1 aliphatic rings. The third-order valence-electron chi connectivity index (χ3n) is 4.50. The summed E-state index contributed by atoms with van der Waals surface area (Å²) in [5, 5.41) is 1.10. The molecule has 2 rings (SSSR count). The molecule has 1 aromatic carbocycles. The molecule has 1 aromatic rings. The Morgan fingerprint density at radius 2 is 1.75 bits per heavy atom. The van der Waals surface area contributed by atoms with Crippen molar-refractivity contribution in [2.75, 3.05) is 24.3 Å². The van der Waals surface area contributed by atoms with Gasteiger partial charge in [0.05, 0.1) is 10.6 Å². The van der Waals surface area contributed by atoms with Crippen molar-refractivity contribution >= 4 is 25.8 Å². The molecule has 0 unspecified atom stereocenters. The number of hydrogen-bond acceptors (Lipinski definition) is 3. The summed E-state index contributed by atoms with van der Waals surface area (Å²) in [7, 11) is -3.04. The molecule has 0 saturated heterocycles. The van der Waals surface area contributed by atoms with Crippen molar-refractivity contribution in [3.63, 3.8) is 0 Å². The maximum Gasteiger partial charge on any atom is 0.178 e. The molecule has 5 heteroatoms. The Hall–Kier alpha value is -0.390. The van der Waals surface area contributed by atoms with Gasteiger partial charge < -0.3 is 4.74 Å². The Kier molecular flexibility index (Phi) is 8.77. The zero-order valence-electron chi connectivity index (χ0n) is 14.4.